The number of aromatic nitrogens is 1. The van der Waals surface area contributed by atoms with Gasteiger partial charge in [0.1, 0.15) is 5.15 Å². The Morgan fingerprint density at radius 2 is 2.41 bits per heavy atom. The van der Waals surface area contributed by atoms with Gasteiger partial charge in [0.15, 0.2) is 0 Å². The van der Waals surface area contributed by atoms with Gasteiger partial charge >= 0.3 is 0 Å². The minimum absolute atomic E-state index is 0.199. The zero-order valence-corrected chi connectivity index (χ0v) is 12.0. The molecule has 1 N–H and O–H groups in total. The summed E-state index contributed by atoms with van der Waals surface area (Å²) in [6.45, 7) is 3.13. The molecule has 0 spiro atoms. The number of pyridine rings is 1. The Kier molecular flexibility index (Phi) is 5.88. The van der Waals surface area contributed by atoms with Gasteiger partial charge in [-0.1, -0.05) is 18.5 Å². The van der Waals surface area contributed by atoms with Crippen LogP contribution < -0.4 is 5.32 Å². The summed E-state index contributed by atoms with van der Waals surface area (Å²) in [6, 6.07) is 1.64. The van der Waals surface area contributed by atoms with Crippen molar-refractivity contribution in [3.05, 3.63) is 27.5 Å². The van der Waals surface area contributed by atoms with Gasteiger partial charge in [0.2, 0.25) is 0 Å². The summed E-state index contributed by atoms with van der Waals surface area (Å²) < 4.78 is 5.71. The molecule has 17 heavy (non-hydrogen) atoms. The van der Waals surface area contributed by atoms with Crippen molar-refractivity contribution in [2.75, 3.05) is 20.3 Å². The smallest absolute Gasteiger partial charge is 0.254 e. The number of hydrogen-bond acceptors (Lipinski definition) is 3. The molecule has 0 saturated heterocycles. The highest BCUT2D eigenvalue weighted by molar-refractivity contribution is 9.10. The van der Waals surface area contributed by atoms with E-state index < -0.39 is 0 Å². The Labute approximate surface area is 114 Å². The molecule has 0 radical (unpaired) electrons. The molecule has 0 aliphatic rings. The number of carbonyl (C=O) groups is 1. The third kappa shape index (κ3) is 4.61. The number of amides is 1. The molecule has 4 nitrogen and oxygen atoms in total. The summed E-state index contributed by atoms with van der Waals surface area (Å²) in [5.41, 5.74) is 0.366. The second kappa shape index (κ2) is 6.93. The topological polar surface area (TPSA) is 51.2 Å². The number of rotatable bonds is 5. The van der Waals surface area contributed by atoms with Crippen LogP contribution in [0.3, 0.4) is 0 Å². The molecule has 0 aliphatic carbocycles. The molecule has 6 heteroatoms. The fourth-order valence-electron chi connectivity index (χ4n) is 1.29. The van der Waals surface area contributed by atoms with Crippen LogP contribution >= 0.6 is 27.5 Å². The third-order valence-corrected chi connectivity index (χ3v) is 2.85. The Bertz CT molecular complexity index is 401. The molecule has 0 fully saturated rings. The Balaban J connectivity index is 2.61. The van der Waals surface area contributed by atoms with Gasteiger partial charge in [-0.05, 0) is 27.9 Å². The zero-order chi connectivity index (χ0) is 12.8. The van der Waals surface area contributed by atoms with E-state index in [0.717, 1.165) is 4.47 Å². The molecule has 0 bridgehead atoms. The van der Waals surface area contributed by atoms with Crippen molar-refractivity contribution in [1.82, 2.24) is 10.3 Å². The maximum Gasteiger partial charge on any atom is 0.254 e. The molecule has 1 amide bonds. The summed E-state index contributed by atoms with van der Waals surface area (Å²) >= 11 is 9.10. The van der Waals surface area contributed by atoms with Crippen LogP contribution in [0.4, 0.5) is 0 Å². The Hall–Kier alpha value is -0.650. The highest BCUT2D eigenvalue weighted by atomic mass is 79.9. The summed E-state index contributed by atoms with van der Waals surface area (Å²) in [4.78, 5) is 15.7. The molecule has 1 heterocycles. The summed E-state index contributed by atoms with van der Waals surface area (Å²) in [5, 5.41) is 2.99. The fourth-order valence-corrected chi connectivity index (χ4v) is 1.81. The quantitative estimate of drug-likeness (QED) is 0.848. The van der Waals surface area contributed by atoms with Gasteiger partial charge in [-0.25, -0.2) is 4.98 Å². The van der Waals surface area contributed by atoms with Crippen LogP contribution in [0.2, 0.25) is 5.15 Å². The number of nitrogens with zero attached hydrogens (tertiary/aromatic N) is 1. The number of halogens is 2. The molecule has 0 aromatic carbocycles. The summed E-state index contributed by atoms with van der Waals surface area (Å²) in [5.74, 6) is 0.0228. The molecular weight excluding hydrogens is 307 g/mol. The van der Waals surface area contributed by atoms with Crippen LogP contribution in [0.5, 0.6) is 0 Å². The Morgan fingerprint density at radius 1 is 1.71 bits per heavy atom. The van der Waals surface area contributed by atoms with E-state index in [1.165, 1.54) is 0 Å². The standard InChI is InChI=1S/C11H14BrClN2O2/c1-7(6-17-2)4-15-11(16)9-3-8(12)5-14-10(9)13/h3,5,7H,4,6H2,1-2H3,(H,15,16). The van der Waals surface area contributed by atoms with Crippen LogP contribution in [-0.4, -0.2) is 31.2 Å². The number of methoxy groups -OCH3 is 1. The van der Waals surface area contributed by atoms with Gasteiger partial charge in [-0.2, -0.15) is 0 Å². The maximum atomic E-state index is 11.8. The lowest BCUT2D eigenvalue weighted by Crippen LogP contribution is -2.30. The van der Waals surface area contributed by atoms with Gasteiger partial charge in [-0.15, -0.1) is 0 Å². The van der Waals surface area contributed by atoms with Crippen LogP contribution in [0.25, 0.3) is 0 Å². The van der Waals surface area contributed by atoms with E-state index in [-0.39, 0.29) is 17.0 Å². The summed E-state index contributed by atoms with van der Waals surface area (Å²) in [7, 11) is 1.63. The van der Waals surface area contributed by atoms with E-state index in [0.29, 0.717) is 18.7 Å². The second-order valence-corrected chi connectivity index (χ2v) is 5.04. The van der Waals surface area contributed by atoms with E-state index in [9.17, 15) is 4.79 Å². The second-order valence-electron chi connectivity index (χ2n) is 3.76. The van der Waals surface area contributed by atoms with E-state index in [2.05, 4.69) is 26.2 Å². The van der Waals surface area contributed by atoms with Gasteiger partial charge < -0.3 is 10.1 Å². The first-order chi connectivity index (χ1) is 8.04. The highest BCUT2D eigenvalue weighted by Crippen LogP contribution is 2.17. The lowest BCUT2D eigenvalue weighted by Gasteiger charge is -2.11. The number of hydrogen-bond donors (Lipinski definition) is 1. The first-order valence-corrected chi connectivity index (χ1v) is 6.30. The van der Waals surface area contributed by atoms with Crippen LogP contribution in [0, 0.1) is 5.92 Å². The van der Waals surface area contributed by atoms with Crippen LogP contribution in [0.1, 0.15) is 17.3 Å². The van der Waals surface area contributed by atoms with Gasteiger partial charge in [-0.3, -0.25) is 4.79 Å². The molecule has 1 atom stereocenters. The highest BCUT2D eigenvalue weighted by Gasteiger charge is 2.12. The van der Waals surface area contributed by atoms with Crippen LogP contribution in [-0.2, 0) is 4.74 Å². The molecule has 1 unspecified atom stereocenters. The van der Waals surface area contributed by atoms with Gasteiger partial charge in [0, 0.05) is 24.3 Å². The third-order valence-electron chi connectivity index (χ3n) is 2.11. The largest absolute Gasteiger partial charge is 0.384 e. The van der Waals surface area contributed by atoms with E-state index >= 15 is 0 Å². The van der Waals surface area contributed by atoms with Crippen molar-refractivity contribution in [1.29, 1.82) is 0 Å². The van der Waals surface area contributed by atoms with E-state index in [1.807, 2.05) is 6.92 Å². The van der Waals surface area contributed by atoms with Gasteiger partial charge in [0.05, 0.1) is 12.2 Å². The SMILES string of the molecule is COCC(C)CNC(=O)c1cc(Br)cnc1Cl. The minimum atomic E-state index is -0.230. The monoisotopic (exact) mass is 320 g/mol. The average Bonchev–Trinajstić information content (AvgIpc) is 2.29. The molecule has 0 aliphatic heterocycles. The zero-order valence-electron chi connectivity index (χ0n) is 9.67. The predicted molar refractivity (Wildman–Crippen MR) is 70.3 cm³/mol. The van der Waals surface area contributed by atoms with Crippen molar-refractivity contribution in [2.45, 2.75) is 6.92 Å². The molecular formula is C11H14BrClN2O2. The van der Waals surface area contributed by atoms with Crippen LogP contribution in [0.15, 0.2) is 16.7 Å². The molecule has 1 rings (SSSR count). The van der Waals surface area contributed by atoms with Gasteiger partial charge in [0.25, 0.3) is 5.91 Å². The molecule has 0 saturated carbocycles. The molecule has 1 aromatic rings. The van der Waals surface area contributed by atoms with Crippen molar-refractivity contribution >= 4 is 33.4 Å². The lowest BCUT2D eigenvalue weighted by molar-refractivity contribution is 0.0934. The average molecular weight is 322 g/mol. The van der Waals surface area contributed by atoms with E-state index in [4.69, 9.17) is 16.3 Å². The van der Waals surface area contributed by atoms with Crippen molar-refractivity contribution in [3.8, 4) is 0 Å². The fraction of sp³-hybridized carbons (Fsp3) is 0.455. The van der Waals surface area contributed by atoms with Crippen molar-refractivity contribution in [2.24, 2.45) is 5.92 Å². The minimum Gasteiger partial charge on any atom is -0.384 e. The van der Waals surface area contributed by atoms with Crippen molar-refractivity contribution < 1.29 is 9.53 Å². The first kappa shape index (κ1) is 14.4. The first-order valence-electron chi connectivity index (χ1n) is 5.12. The number of nitrogens with one attached hydrogen (secondary N) is 1. The Morgan fingerprint density at radius 3 is 3.06 bits per heavy atom. The predicted octanol–water partition coefficient (Wildman–Crippen LogP) is 2.51. The molecule has 1 aromatic heterocycles. The number of ether oxygens (including phenoxy) is 1. The maximum absolute atomic E-state index is 11.8. The number of carbonyl (C=O) groups excluding carboxylic acids is 1. The molecule has 94 valence electrons. The summed E-state index contributed by atoms with van der Waals surface area (Å²) in [6.07, 6.45) is 1.55. The van der Waals surface area contributed by atoms with Crippen molar-refractivity contribution in [3.63, 3.8) is 0 Å². The normalized spacial score (nSPS) is 12.2. The van der Waals surface area contributed by atoms with E-state index in [1.54, 1.807) is 19.4 Å². The lowest BCUT2D eigenvalue weighted by atomic mass is 10.2.